The molecule has 0 amide bonds. The van der Waals surface area contributed by atoms with Crippen LogP contribution in [0.5, 0.6) is 0 Å². The van der Waals surface area contributed by atoms with Gasteiger partial charge in [-0.3, -0.25) is 0 Å². The van der Waals surface area contributed by atoms with Gasteiger partial charge in [-0.1, -0.05) is 146 Å². The van der Waals surface area contributed by atoms with Gasteiger partial charge in [-0.2, -0.15) is 0 Å². The molecule has 1 heterocycles. The van der Waals surface area contributed by atoms with Gasteiger partial charge in [-0.25, -0.2) is 0 Å². The van der Waals surface area contributed by atoms with Crippen LogP contribution in [-0.4, -0.2) is 0 Å². The van der Waals surface area contributed by atoms with Crippen molar-refractivity contribution in [2.45, 2.75) is 5.41 Å². The summed E-state index contributed by atoms with van der Waals surface area (Å²) in [6.07, 6.45) is 0. The second-order valence-electron chi connectivity index (χ2n) is 11.1. The summed E-state index contributed by atoms with van der Waals surface area (Å²) in [5.41, 5.74) is 8.29. The van der Waals surface area contributed by atoms with Gasteiger partial charge in [0.2, 0.25) is 0 Å². The van der Waals surface area contributed by atoms with Gasteiger partial charge in [0.15, 0.2) is 7.14 Å². The molecule has 42 heavy (non-hydrogen) atoms. The first-order chi connectivity index (χ1) is 20.7. The summed E-state index contributed by atoms with van der Waals surface area (Å²) < 4.78 is 17.1. The highest BCUT2D eigenvalue weighted by molar-refractivity contribution is 7.85. The molecular formula is C39H25OPS. The number of thiophene rings is 1. The molecule has 1 aromatic heterocycles. The Morgan fingerprint density at radius 2 is 1.00 bits per heavy atom. The first-order valence-corrected chi connectivity index (χ1v) is 16.8. The molecule has 0 aliphatic heterocycles. The highest BCUT2D eigenvalue weighted by Crippen LogP contribution is 2.66. The molecule has 1 nitrogen and oxygen atoms in total. The fourth-order valence-corrected chi connectivity index (χ4v) is 11.9. The minimum atomic E-state index is -3.22. The van der Waals surface area contributed by atoms with Crippen LogP contribution in [0.3, 0.4) is 0 Å². The molecule has 0 N–H and O–H groups in total. The first-order valence-electron chi connectivity index (χ1n) is 14.3. The maximum absolute atomic E-state index is 15.8. The second kappa shape index (κ2) is 8.76. The lowest BCUT2D eigenvalue weighted by molar-refractivity contribution is 0.592. The number of hydrogen-bond donors (Lipinski definition) is 0. The smallest absolute Gasteiger partial charge is 0.171 e. The van der Waals surface area contributed by atoms with Crippen LogP contribution in [-0.2, 0) is 9.98 Å². The maximum atomic E-state index is 15.8. The van der Waals surface area contributed by atoms with Crippen LogP contribution in [0.2, 0.25) is 0 Å². The van der Waals surface area contributed by atoms with Crippen LogP contribution < -0.4 is 15.9 Å². The maximum Gasteiger partial charge on any atom is 0.171 e. The van der Waals surface area contributed by atoms with Gasteiger partial charge in [-0.05, 0) is 39.4 Å². The van der Waals surface area contributed by atoms with E-state index in [0.717, 1.165) is 21.5 Å². The fourth-order valence-electron chi connectivity index (χ4n) is 7.54. The third-order valence-corrected chi connectivity index (χ3v) is 13.6. The molecule has 0 bridgehead atoms. The van der Waals surface area contributed by atoms with Crippen molar-refractivity contribution >= 4 is 44.5 Å². The highest BCUT2D eigenvalue weighted by atomic mass is 32.1. The molecule has 2 aliphatic rings. The zero-order chi connectivity index (χ0) is 27.9. The van der Waals surface area contributed by atoms with Crippen LogP contribution in [0.25, 0.3) is 32.3 Å². The zero-order valence-electron chi connectivity index (χ0n) is 22.7. The average molecular weight is 573 g/mol. The van der Waals surface area contributed by atoms with Gasteiger partial charge in [0.25, 0.3) is 0 Å². The second-order valence-corrected chi connectivity index (χ2v) is 14.9. The minimum absolute atomic E-state index is 0.463. The Kier molecular flexibility index (Phi) is 5.03. The molecule has 9 rings (SSSR count). The number of rotatable bonds is 3. The molecule has 3 heteroatoms. The van der Waals surface area contributed by atoms with Gasteiger partial charge in [0, 0.05) is 36.4 Å². The largest absolute Gasteiger partial charge is 0.309 e. The molecule has 0 radical (unpaired) electrons. The van der Waals surface area contributed by atoms with Crippen molar-refractivity contribution in [3.8, 4) is 22.3 Å². The van der Waals surface area contributed by atoms with Gasteiger partial charge in [0.1, 0.15) is 0 Å². The summed E-state index contributed by atoms with van der Waals surface area (Å²) in [5.74, 6) is 0. The lowest BCUT2D eigenvalue weighted by Crippen LogP contribution is -2.28. The van der Waals surface area contributed by atoms with Crippen molar-refractivity contribution < 1.29 is 4.57 Å². The highest BCUT2D eigenvalue weighted by Gasteiger charge is 2.54. The van der Waals surface area contributed by atoms with E-state index in [1.807, 2.05) is 72.0 Å². The summed E-state index contributed by atoms with van der Waals surface area (Å²) in [4.78, 5) is 1.36. The Hall–Kier alpha value is -4.49. The van der Waals surface area contributed by atoms with Crippen LogP contribution >= 0.6 is 18.5 Å². The van der Waals surface area contributed by atoms with Gasteiger partial charge >= 0.3 is 0 Å². The van der Waals surface area contributed by atoms with Crippen LogP contribution in [0.1, 0.15) is 21.6 Å². The monoisotopic (exact) mass is 572 g/mol. The van der Waals surface area contributed by atoms with Crippen molar-refractivity contribution in [1.29, 1.82) is 0 Å². The lowest BCUT2D eigenvalue weighted by atomic mass is 9.74. The number of hydrogen-bond acceptors (Lipinski definition) is 2. The van der Waals surface area contributed by atoms with Gasteiger partial charge in [0.05, 0.1) is 5.41 Å². The van der Waals surface area contributed by atoms with Crippen molar-refractivity contribution in [2.75, 3.05) is 0 Å². The Morgan fingerprint density at radius 3 is 1.67 bits per heavy atom. The van der Waals surface area contributed by atoms with E-state index in [4.69, 9.17) is 0 Å². The molecular weight excluding hydrogens is 547 g/mol. The molecule has 2 aliphatic carbocycles. The Labute approximate surface area is 249 Å². The third-order valence-electron chi connectivity index (χ3n) is 9.16. The topological polar surface area (TPSA) is 17.1 Å². The standard InChI is InChI=1S/C39H25OPS/c40-41(26-14-3-1-4-15-26,27-16-5-2-6-17-27)34-24-13-23-33-37(34)29-19-8-11-22-32(29)39(33)31-21-10-7-18-28(31)36-30-20-9-12-25-35(30)42-38(36)39/h1-25H. The quantitative estimate of drug-likeness (QED) is 0.193. The SMILES string of the molecule is O=P(c1ccccc1)(c1ccccc1)c1cccc2c1-c1ccccc1C21c2ccccc2-c2c1sc1ccccc21. The van der Waals surface area contributed by atoms with E-state index in [9.17, 15) is 0 Å². The van der Waals surface area contributed by atoms with Crippen molar-refractivity contribution in [3.05, 3.63) is 173 Å². The molecule has 1 spiro atoms. The molecule has 0 saturated heterocycles. The van der Waals surface area contributed by atoms with E-state index in [0.29, 0.717) is 0 Å². The zero-order valence-corrected chi connectivity index (χ0v) is 24.4. The van der Waals surface area contributed by atoms with Gasteiger partial charge in [-0.15, -0.1) is 11.3 Å². The van der Waals surface area contributed by atoms with E-state index >= 15 is 4.57 Å². The average Bonchev–Trinajstić information content (AvgIpc) is 3.69. The Balaban J connectivity index is 1.45. The molecule has 198 valence electrons. The van der Waals surface area contributed by atoms with E-state index in [2.05, 4.69) is 91.0 Å². The minimum Gasteiger partial charge on any atom is -0.309 e. The summed E-state index contributed by atoms with van der Waals surface area (Å²) in [6, 6.07) is 53.2. The summed E-state index contributed by atoms with van der Waals surface area (Å²) >= 11 is 1.90. The summed E-state index contributed by atoms with van der Waals surface area (Å²) in [7, 11) is -3.22. The third kappa shape index (κ3) is 2.91. The molecule has 0 fully saturated rings. The fraction of sp³-hybridized carbons (Fsp3) is 0.0256. The summed E-state index contributed by atoms with van der Waals surface area (Å²) in [6.45, 7) is 0. The van der Waals surface area contributed by atoms with Crippen LogP contribution in [0.4, 0.5) is 0 Å². The molecule has 1 unspecified atom stereocenters. The molecule has 0 saturated carbocycles. The summed E-state index contributed by atoms with van der Waals surface area (Å²) in [5, 5.41) is 3.94. The predicted octanol–water partition coefficient (Wildman–Crippen LogP) is 8.88. The Morgan fingerprint density at radius 1 is 0.476 bits per heavy atom. The molecule has 6 aromatic carbocycles. The van der Waals surface area contributed by atoms with Crippen LogP contribution in [0, 0.1) is 0 Å². The van der Waals surface area contributed by atoms with Crippen molar-refractivity contribution in [2.24, 2.45) is 0 Å². The van der Waals surface area contributed by atoms with E-state index in [1.165, 1.54) is 48.3 Å². The lowest BCUT2D eigenvalue weighted by Gasteiger charge is -2.30. The van der Waals surface area contributed by atoms with Crippen molar-refractivity contribution in [1.82, 2.24) is 0 Å². The van der Waals surface area contributed by atoms with Gasteiger partial charge < -0.3 is 4.57 Å². The van der Waals surface area contributed by atoms with Crippen LogP contribution in [0.15, 0.2) is 152 Å². The normalized spacial score (nSPS) is 16.3. The van der Waals surface area contributed by atoms with E-state index in [-0.39, 0.29) is 0 Å². The number of fused-ring (bicyclic) bond motifs is 12. The first kappa shape index (κ1) is 24.1. The van der Waals surface area contributed by atoms with Crippen molar-refractivity contribution in [3.63, 3.8) is 0 Å². The van der Waals surface area contributed by atoms with E-state index in [1.54, 1.807) is 0 Å². The number of benzene rings is 6. The Bertz CT molecular complexity index is 2190. The molecule has 7 aromatic rings. The van der Waals surface area contributed by atoms with E-state index < -0.39 is 12.6 Å². The predicted molar refractivity (Wildman–Crippen MR) is 178 cm³/mol. The molecule has 1 atom stereocenters.